The maximum Gasteiger partial charge on any atom is 0.582 e. The zero-order chi connectivity index (χ0) is 33.7. The molecule has 250 valence electrons. The molecule has 7 N–H and O–H groups in total. The molecule has 4 aromatic rings. The van der Waals surface area contributed by atoms with Crippen molar-refractivity contribution in [3.8, 4) is 12.3 Å². The van der Waals surface area contributed by atoms with Crippen molar-refractivity contribution in [1.29, 1.82) is 0 Å². The zero-order valence-electron chi connectivity index (χ0n) is 23.6. The molecule has 0 aromatic carbocycles. The van der Waals surface area contributed by atoms with Gasteiger partial charge in [-0.05, 0) is 22.8 Å². The number of imidazole rings is 1. The number of nitrogens with zero attached hydrogens (tertiary/aromatic N) is 8. The van der Waals surface area contributed by atoms with Crippen LogP contribution in [0.1, 0.15) is 25.3 Å². The lowest BCUT2D eigenvalue weighted by Crippen LogP contribution is -2.43. The number of anilines is 2. The van der Waals surface area contributed by atoms with Crippen LogP contribution in [-0.2, 0) is 39.4 Å². The van der Waals surface area contributed by atoms with Gasteiger partial charge in [-0.25, -0.2) is 19.3 Å². The molecule has 25 heteroatoms. The zero-order valence-corrected chi connectivity index (χ0v) is 27.1. The number of terminal acetylenes is 1. The average Bonchev–Trinajstić information content (AvgIpc) is 3.78. The Hall–Kier alpha value is -3.26. The van der Waals surface area contributed by atoms with E-state index >= 15 is 4.39 Å². The first-order chi connectivity index (χ1) is 22.4. The van der Waals surface area contributed by atoms with Crippen molar-refractivity contribution in [2.75, 3.05) is 24.7 Å². The van der Waals surface area contributed by atoms with Gasteiger partial charge in [0.15, 0.2) is 46.7 Å². The van der Waals surface area contributed by atoms with Crippen LogP contribution in [0.2, 0.25) is 0 Å². The maximum absolute atomic E-state index is 15.7. The Morgan fingerprint density at radius 2 is 2.13 bits per heavy atom. The smallest absolute Gasteiger partial charge is 0.396 e. The summed E-state index contributed by atoms with van der Waals surface area (Å²) in [5.41, 5.74) is 9.19. The third kappa shape index (κ3) is 6.34. The van der Waals surface area contributed by atoms with Gasteiger partial charge in [0.1, 0.15) is 36.4 Å². The van der Waals surface area contributed by atoms with Crippen LogP contribution in [0.25, 0.3) is 22.3 Å². The van der Waals surface area contributed by atoms with Gasteiger partial charge in [0.05, 0.1) is 19.0 Å². The highest BCUT2D eigenvalue weighted by Gasteiger charge is 2.55. The third-order valence-corrected chi connectivity index (χ3v) is 9.67. The predicted octanol–water partition coefficient (Wildman–Crippen LogP) is 0.0187. The highest BCUT2D eigenvalue weighted by molar-refractivity contribution is 8.39. The van der Waals surface area contributed by atoms with Gasteiger partial charge in [-0.1, -0.05) is 11.1 Å². The molecule has 2 saturated heterocycles. The molecule has 9 atom stereocenters. The number of nitrogen functional groups attached to an aromatic ring is 2. The molecule has 6 heterocycles. The van der Waals surface area contributed by atoms with Crippen LogP contribution < -0.4 is 17.0 Å². The van der Waals surface area contributed by atoms with E-state index in [1.54, 1.807) is 0 Å². The Kier molecular flexibility index (Phi) is 9.29. The number of rotatable bonds is 11. The van der Waals surface area contributed by atoms with E-state index in [0.717, 1.165) is 4.68 Å². The molecule has 0 spiro atoms. The standard InChI is InChI=1S/C22H24FN11O9P2S2/c1-2-22(10(42-44(37)46)5-11(41-22)33-8-28-13-16(24)26-7-27-17(13)33)6-39-45(38,47)43-15-12(23)9(3-4-35)40-20(15)34-18-14(31-32-34)19(36)30-21(25)29-18/h1,7-12,15,20,35H,3-6H2,(H6-,24,25,26,27,29,30,32,36,37,38,46,47)/p+1/t9-,10+,11-,12+,15-,20-,22-,45?/m1/s1. The van der Waals surface area contributed by atoms with Gasteiger partial charge in [-0.3, -0.25) is 18.9 Å². The molecule has 2 aliphatic rings. The van der Waals surface area contributed by atoms with Gasteiger partial charge in [-0.15, -0.1) is 16.0 Å². The van der Waals surface area contributed by atoms with Crippen LogP contribution in [-0.4, -0.2) is 97.8 Å². The Balaban J connectivity index is 1.26. The summed E-state index contributed by atoms with van der Waals surface area (Å²) in [6, 6.07) is 0. The molecule has 0 radical (unpaired) electrons. The monoisotopic (exact) mass is 732 g/mol. The summed E-state index contributed by atoms with van der Waals surface area (Å²) in [4.78, 5) is 42.0. The molecule has 6 rings (SSSR count). The van der Waals surface area contributed by atoms with Crippen molar-refractivity contribution in [3.63, 3.8) is 0 Å². The summed E-state index contributed by atoms with van der Waals surface area (Å²) in [6.45, 7) is -5.59. The van der Waals surface area contributed by atoms with Crippen LogP contribution in [0.15, 0.2) is 17.4 Å². The molecule has 2 aliphatic heterocycles. The number of thiol groups is 1. The van der Waals surface area contributed by atoms with Crippen LogP contribution in [0.5, 0.6) is 0 Å². The largest absolute Gasteiger partial charge is 0.582 e. The summed E-state index contributed by atoms with van der Waals surface area (Å²) in [7, 11) is -2.51. The highest BCUT2D eigenvalue weighted by Crippen LogP contribution is 2.53. The molecule has 2 fully saturated rings. The van der Waals surface area contributed by atoms with Crippen LogP contribution in [0.4, 0.5) is 16.2 Å². The normalized spacial score (nSPS) is 29.3. The van der Waals surface area contributed by atoms with E-state index in [4.69, 9.17) is 52.7 Å². The number of nitrogens with two attached hydrogens (primary N) is 2. The lowest BCUT2D eigenvalue weighted by Gasteiger charge is -2.29. The molecule has 0 aliphatic carbocycles. The molecule has 0 amide bonds. The third-order valence-electron chi connectivity index (χ3n) is 7.41. The molecular weight excluding hydrogens is 707 g/mol. The van der Waals surface area contributed by atoms with Crippen molar-refractivity contribution in [2.24, 2.45) is 0 Å². The van der Waals surface area contributed by atoms with E-state index in [0.29, 0.717) is 11.2 Å². The Morgan fingerprint density at radius 1 is 1.34 bits per heavy atom. The highest BCUT2D eigenvalue weighted by atomic mass is 32.7. The topological polar surface area (TPSA) is 276 Å². The van der Waals surface area contributed by atoms with Gasteiger partial charge in [0, 0.05) is 13.0 Å². The summed E-state index contributed by atoms with van der Waals surface area (Å²) >= 11 is 9.07. The number of nitrogens with one attached hydrogen (secondary N) is 1. The van der Waals surface area contributed by atoms with Crippen molar-refractivity contribution in [3.05, 3.63) is 23.0 Å². The minimum atomic E-state index is -4.44. The number of aromatic nitrogens is 9. The van der Waals surface area contributed by atoms with Crippen LogP contribution >= 0.6 is 26.2 Å². The second kappa shape index (κ2) is 13.0. The Bertz CT molecular complexity index is 1990. The Morgan fingerprint density at radius 3 is 2.85 bits per heavy atom. The second-order valence-corrected chi connectivity index (χ2v) is 14.7. The van der Waals surface area contributed by atoms with Gasteiger partial charge in [0.2, 0.25) is 5.95 Å². The van der Waals surface area contributed by atoms with E-state index in [-0.39, 0.29) is 35.8 Å². The van der Waals surface area contributed by atoms with Crippen molar-refractivity contribution in [2.45, 2.75) is 55.4 Å². The quantitative estimate of drug-likeness (QED) is 0.0673. The summed E-state index contributed by atoms with van der Waals surface area (Å²) in [5, 5.41) is 17.1. The summed E-state index contributed by atoms with van der Waals surface area (Å²) in [6.07, 6.45) is -0.196. The van der Waals surface area contributed by atoms with E-state index in [2.05, 4.69) is 53.4 Å². The number of aromatic amines is 1. The minimum Gasteiger partial charge on any atom is -0.396 e. The van der Waals surface area contributed by atoms with E-state index in [9.17, 15) is 19.4 Å². The van der Waals surface area contributed by atoms with Gasteiger partial charge >= 0.3 is 13.9 Å². The number of H-pyrrole nitrogens is 1. The van der Waals surface area contributed by atoms with Crippen molar-refractivity contribution in [1.82, 2.24) is 44.5 Å². The van der Waals surface area contributed by atoms with Crippen LogP contribution in [0, 0.1) is 12.3 Å². The number of ether oxygens (including phenoxy) is 2. The fourth-order valence-electron chi connectivity index (χ4n) is 5.28. The predicted molar refractivity (Wildman–Crippen MR) is 166 cm³/mol. The first-order valence-electron chi connectivity index (χ1n) is 13.4. The lowest BCUT2D eigenvalue weighted by molar-refractivity contribution is -0.0840. The number of hydrogen-bond acceptors (Lipinski definition) is 17. The molecule has 0 bridgehead atoms. The van der Waals surface area contributed by atoms with Crippen molar-refractivity contribution < 1.29 is 42.0 Å². The molecule has 0 saturated carbocycles. The van der Waals surface area contributed by atoms with Gasteiger partial charge in [0.25, 0.3) is 5.56 Å². The molecule has 47 heavy (non-hydrogen) atoms. The first kappa shape index (κ1) is 33.6. The van der Waals surface area contributed by atoms with Gasteiger partial charge in [-0.2, -0.15) is 9.67 Å². The molecule has 4 aromatic heterocycles. The number of alkyl halides is 1. The number of aliphatic hydroxyl groups is 1. The number of hydrogen-bond donors (Lipinski definition) is 6. The summed E-state index contributed by atoms with van der Waals surface area (Å²) < 4.78 is 58.9. The fourth-order valence-corrected chi connectivity index (χ4v) is 7.49. The maximum atomic E-state index is 15.7. The SMILES string of the molecule is C#C[C@]1(COP(O)(=S)O[C@@H]2[C@@H](F)[C@@H](CCO)O[C@H]2n2nnc3c(=O)[nH]c(N)nc32)O[C@@H](n2cnc3c(N)ncnc32)C[C@@H]1O[P+](=O)S. The number of aliphatic hydroxyl groups excluding tert-OH is 1. The molecular formula is C22H25FN11O9P2S2+. The van der Waals surface area contributed by atoms with E-state index in [1.807, 2.05) is 0 Å². The molecule has 20 nitrogen and oxygen atoms in total. The lowest BCUT2D eigenvalue weighted by atomic mass is 9.99. The first-order valence-corrected chi connectivity index (χ1v) is 18.4. The number of fused-ring (bicyclic) bond motifs is 2. The van der Waals surface area contributed by atoms with E-state index < -0.39 is 75.3 Å². The minimum absolute atomic E-state index is 0.0116. The van der Waals surface area contributed by atoms with Crippen LogP contribution in [0.3, 0.4) is 0 Å². The fraction of sp³-hybridized carbons (Fsp3) is 0.500. The average molecular weight is 733 g/mol. The Labute approximate surface area is 273 Å². The van der Waals surface area contributed by atoms with Gasteiger partial charge < -0.3 is 35.5 Å². The van der Waals surface area contributed by atoms with Crippen molar-refractivity contribution >= 4 is 72.1 Å². The second-order valence-electron chi connectivity index (χ2n) is 10.2. The summed E-state index contributed by atoms with van der Waals surface area (Å²) in [5.74, 6) is 2.26. The number of halogens is 1. The van der Waals surface area contributed by atoms with E-state index in [1.165, 1.54) is 17.2 Å². The molecule has 2 unspecified atom stereocenters.